The molecule has 3 aromatic rings. The van der Waals surface area contributed by atoms with Crippen LogP contribution in [0.4, 0.5) is 30.7 Å². The molecule has 0 radical (unpaired) electrons. The minimum atomic E-state index is -5.12. The number of halogens is 7. The topological polar surface area (TPSA) is 76.0 Å². The highest BCUT2D eigenvalue weighted by Crippen LogP contribution is 2.36. The van der Waals surface area contributed by atoms with E-state index in [2.05, 4.69) is 10.1 Å². The molecule has 3 aromatic heterocycles. The SMILES string of the molecule is CC.CC(F)(F)C(F)(F)Cn1cc(-c2c(C(F)(F)F)nc3cc(C#N)ccn3c2=O)cn1. The van der Waals surface area contributed by atoms with Gasteiger partial charge in [0.25, 0.3) is 5.56 Å². The molecular weight excluding hydrogens is 447 g/mol. The first-order chi connectivity index (χ1) is 14.7. The molecule has 3 rings (SSSR count). The van der Waals surface area contributed by atoms with Crippen LogP contribution in [0, 0.1) is 11.3 Å². The number of nitrogens with zero attached hydrogens (tertiary/aromatic N) is 5. The molecule has 3 heterocycles. The molecule has 0 saturated heterocycles. The first-order valence-corrected chi connectivity index (χ1v) is 9.07. The third kappa shape index (κ3) is 4.74. The van der Waals surface area contributed by atoms with E-state index < -0.39 is 52.6 Å². The molecule has 0 spiro atoms. The lowest BCUT2D eigenvalue weighted by molar-refractivity contribution is -0.205. The normalized spacial score (nSPS) is 12.3. The first-order valence-electron chi connectivity index (χ1n) is 9.07. The van der Waals surface area contributed by atoms with Gasteiger partial charge in [0.15, 0.2) is 5.69 Å². The average molecular weight is 463 g/mol. The number of aromatic nitrogens is 4. The van der Waals surface area contributed by atoms with E-state index in [4.69, 9.17) is 5.26 Å². The predicted octanol–water partition coefficient (Wildman–Crippen LogP) is 4.77. The molecule has 6 nitrogen and oxygen atoms in total. The lowest BCUT2D eigenvalue weighted by atomic mass is 10.1. The van der Waals surface area contributed by atoms with Gasteiger partial charge in [0, 0.05) is 24.9 Å². The minimum Gasteiger partial charge on any atom is -0.268 e. The maximum atomic E-state index is 13.6. The number of rotatable bonds is 4. The fourth-order valence-corrected chi connectivity index (χ4v) is 2.59. The molecule has 0 aliphatic carbocycles. The average Bonchev–Trinajstić information content (AvgIpc) is 3.14. The molecule has 0 bridgehead atoms. The van der Waals surface area contributed by atoms with E-state index in [-0.39, 0.29) is 12.5 Å². The van der Waals surface area contributed by atoms with Crippen LogP contribution in [0.3, 0.4) is 0 Å². The summed E-state index contributed by atoms with van der Waals surface area (Å²) in [4.78, 5) is 16.1. The smallest absolute Gasteiger partial charge is 0.268 e. The predicted molar refractivity (Wildman–Crippen MR) is 99.3 cm³/mol. The van der Waals surface area contributed by atoms with Crippen molar-refractivity contribution in [2.75, 3.05) is 0 Å². The molecular formula is C19H16F7N5O. The number of nitriles is 1. The highest BCUT2D eigenvalue weighted by atomic mass is 19.4. The molecule has 0 N–H and O–H groups in total. The summed E-state index contributed by atoms with van der Waals surface area (Å²) in [6, 6.07) is 3.83. The molecule has 0 atom stereocenters. The summed E-state index contributed by atoms with van der Waals surface area (Å²) in [5.74, 6) is -8.94. The highest BCUT2D eigenvalue weighted by molar-refractivity contribution is 5.66. The van der Waals surface area contributed by atoms with Crippen LogP contribution in [0.25, 0.3) is 16.8 Å². The number of alkyl halides is 7. The summed E-state index contributed by atoms with van der Waals surface area (Å²) in [5.41, 5.74) is -4.87. The Morgan fingerprint density at radius 2 is 1.75 bits per heavy atom. The van der Waals surface area contributed by atoms with E-state index in [9.17, 15) is 35.5 Å². The van der Waals surface area contributed by atoms with Crippen molar-refractivity contribution in [3.05, 3.63) is 52.3 Å². The molecule has 0 saturated carbocycles. The second-order valence-electron chi connectivity index (χ2n) is 6.41. The van der Waals surface area contributed by atoms with Crippen molar-refractivity contribution >= 4 is 5.65 Å². The van der Waals surface area contributed by atoms with E-state index >= 15 is 0 Å². The lowest BCUT2D eigenvalue weighted by Gasteiger charge is -2.22. The van der Waals surface area contributed by atoms with Gasteiger partial charge in [-0.05, 0) is 12.1 Å². The third-order valence-electron chi connectivity index (χ3n) is 4.15. The summed E-state index contributed by atoms with van der Waals surface area (Å²) < 4.78 is 94.8. The lowest BCUT2D eigenvalue weighted by Crippen LogP contribution is -2.41. The van der Waals surface area contributed by atoms with Crippen molar-refractivity contribution in [3.63, 3.8) is 0 Å². The Hall–Kier alpha value is -3.43. The fraction of sp³-hybridized carbons (Fsp3) is 0.368. The highest BCUT2D eigenvalue weighted by Gasteiger charge is 2.52. The molecule has 32 heavy (non-hydrogen) atoms. The van der Waals surface area contributed by atoms with Gasteiger partial charge in [0.2, 0.25) is 0 Å². The zero-order chi connectivity index (χ0) is 24.5. The van der Waals surface area contributed by atoms with Crippen molar-refractivity contribution in [2.45, 2.75) is 45.3 Å². The van der Waals surface area contributed by atoms with Gasteiger partial charge in [-0.3, -0.25) is 13.9 Å². The van der Waals surface area contributed by atoms with Crippen LogP contribution < -0.4 is 5.56 Å². The summed E-state index contributed by atoms with van der Waals surface area (Å²) in [6.45, 7) is 2.38. The van der Waals surface area contributed by atoms with Gasteiger partial charge in [-0.2, -0.15) is 32.3 Å². The van der Waals surface area contributed by atoms with Crippen LogP contribution in [-0.2, 0) is 12.7 Å². The van der Waals surface area contributed by atoms with Crippen LogP contribution in [0.15, 0.2) is 35.5 Å². The second kappa shape index (κ2) is 8.60. The van der Waals surface area contributed by atoms with Crippen LogP contribution in [0.1, 0.15) is 32.0 Å². The largest absolute Gasteiger partial charge is 0.434 e. The quantitative estimate of drug-likeness (QED) is 0.523. The number of fused-ring (bicyclic) bond motifs is 1. The molecule has 0 amide bonds. The van der Waals surface area contributed by atoms with Crippen molar-refractivity contribution in [1.29, 1.82) is 5.26 Å². The molecule has 0 fully saturated rings. The fourth-order valence-electron chi connectivity index (χ4n) is 2.59. The Bertz CT molecular complexity index is 1220. The van der Waals surface area contributed by atoms with E-state index in [1.807, 2.05) is 13.8 Å². The van der Waals surface area contributed by atoms with Crippen molar-refractivity contribution in [1.82, 2.24) is 19.2 Å². The Labute approximate surface area is 176 Å². The van der Waals surface area contributed by atoms with Gasteiger partial charge in [0.05, 0.1) is 23.4 Å². The van der Waals surface area contributed by atoms with Gasteiger partial charge >= 0.3 is 18.0 Å². The Kier molecular flexibility index (Phi) is 6.68. The van der Waals surface area contributed by atoms with Crippen molar-refractivity contribution in [2.24, 2.45) is 0 Å². The van der Waals surface area contributed by atoms with Gasteiger partial charge in [-0.1, -0.05) is 13.8 Å². The van der Waals surface area contributed by atoms with E-state index in [1.54, 1.807) is 6.07 Å². The molecule has 0 aromatic carbocycles. The van der Waals surface area contributed by atoms with E-state index in [0.29, 0.717) is 17.1 Å². The Morgan fingerprint density at radius 3 is 2.28 bits per heavy atom. The zero-order valence-electron chi connectivity index (χ0n) is 16.9. The van der Waals surface area contributed by atoms with Crippen LogP contribution in [-0.4, -0.2) is 31.0 Å². The Balaban J connectivity index is 0.00000176. The maximum absolute atomic E-state index is 13.6. The maximum Gasteiger partial charge on any atom is 0.434 e. The summed E-state index contributed by atoms with van der Waals surface area (Å²) >= 11 is 0. The van der Waals surface area contributed by atoms with Gasteiger partial charge in [-0.15, -0.1) is 0 Å². The first kappa shape index (κ1) is 24.8. The standard InChI is InChI=1S/C17H10F7N5O.C2H6/c1-15(18,19)16(20,21)8-28-7-10(6-26-28)12-13(17(22,23)24)27-11-4-9(5-25)2-3-29(11)14(12)30;1-2/h2-4,6-7H,8H2,1H3;1-2H3. The van der Waals surface area contributed by atoms with Crippen LogP contribution >= 0.6 is 0 Å². The van der Waals surface area contributed by atoms with Crippen LogP contribution in [0.2, 0.25) is 0 Å². The minimum absolute atomic E-state index is 0.00565. The number of hydrogen-bond donors (Lipinski definition) is 0. The number of pyridine rings is 1. The van der Waals surface area contributed by atoms with Gasteiger partial charge in [0.1, 0.15) is 12.2 Å². The molecule has 0 unspecified atom stereocenters. The van der Waals surface area contributed by atoms with E-state index in [0.717, 1.165) is 16.7 Å². The Morgan fingerprint density at radius 1 is 1.12 bits per heavy atom. The molecule has 13 heteroatoms. The molecule has 0 aliphatic heterocycles. The van der Waals surface area contributed by atoms with Crippen molar-refractivity contribution in [3.8, 4) is 17.2 Å². The second-order valence-corrected chi connectivity index (χ2v) is 6.41. The summed E-state index contributed by atoms with van der Waals surface area (Å²) in [7, 11) is 0. The third-order valence-corrected chi connectivity index (χ3v) is 4.15. The zero-order valence-corrected chi connectivity index (χ0v) is 16.9. The molecule has 172 valence electrons. The number of hydrogen-bond acceptors (Lipinski definition) is 4. The monoisotopic (exact) mass is 463 g/mol. The summed E-state index contributed by atoms with van der Waals surface area (Å²) in [6.07, 6.45) is -2.78. The van der Waals surface area contributed by atoms with Crippen LogP contribution in [0.5, 0.6) is 0 Å². The van der Waals surface area contributed by atoms with E-state index in [1.165, 1.54) is 6.07 Å². The summed E-state index contributed by atoms with van der Waals surface area (Å²) in [5, 5.41) is 12.2. The van der Waals surface area contributed by atoms with Crippen molar-refractivity contribution < 1.29 is 30.7 Å². The molecule has 0 aliphatic rings. The van der Waals surface area contributed by atoms with Gasteiger partial charge < -0.3 is 0 Å². The van der Waals surface area contributed by atoms with Gasteiger partial charge in [-0.25, -0.2) is 13.8 Å².